The van der Waals surface area contributed by atoms with Gasteiger partial charge in [-0.25, -0.2) is 8.42 Å². The van der Waals surface area contributed by atoms with Gasteiger partial charge in [0, 0.05) is 17.5 Å². The van der Waals surface area contributed by atoms with E-state index in [9.17, 15) is 8.42 Å². The summed E-state index contributed by atoms with van der Waals surface area (Å²) < 4.78 is 21.8. The third-order valence-electron chi connectivity index (χ3n) is 2.54. The van der Waals surface area contributed by atoms with Gasteiger partial charge < -0.3 is 5.73 Å². The SMILES string of the molecule is CCCC(C#N)=C(N)C(C)(C)S(C)(=O)=O. The molecule has 0 rings (SSSR count). The lowest BCUT2D eigenvalue weighted by molar-refractivity contribution is 0.570. The molecular weight excluding hydrogens is 212 g/mol. The third kappa shape index (κ3) is 2.96. The lowest BCUT2D eigenvalue weighted by Crippen LogP contribution is -2.37. The van der Waals surface area contributed by atoms with Gasteiger partial charge in [0.15, 0.2) is 9.84 Å². The molecule has 86 valence electrons. The van der Waals surface area contributed by atoms with E-state index in [1.807, 2.05) is 13.0 Å². The van der Waals surface area contributed by atoms with Crippen LogP contribution in [0, 0.1) is 11.3 Å². The summed E-state index contributed by atoms with van der Waals surface area (Å²) in [6, 6.07) is 1.97. The Labute approximate surface area is 91.7 Å². The molecule has 0 radical (unpaired) electrons. The Bertz CT molecular complexity index is 400. The van der Waals surface area contributed by atoms with Crippen LogP contribution in [-0.4, -0.2) is 19.4 Å². The maximum Gasteiger partial charge on any atom is 0.158 e. The standard InChI is InChI=1S/C10H18N2O2S/c1-5-6-8(7-11)9(12)10(2,3)15(4,13)14/h5-6,12H2,1-4H3. The molecule has 2 N–H and O–H groups in total. The Hall–Kier alpha value is -1.02. The molecule has 15 heavy (non-hydrogen) atoms. The van der Waals surface area contributed by atoms with E-state index in [4.69, 9.17) is 11.0 Å². The minimum absolute atomic E-state index is 0.161. The fraction of sp³-hybridized carbons (Fsp3) is 0.700. The van der Waals surface area contributed by atoms with Crippen LogP contribution in [-0.2, 0) is 9.84 Å². The summed E-state index contributed by atoms with van der Waals surface area (Å²) in [4.78, 5) is 0. The molecule has 5 heteroatoms. The second kappa shape index (κ2) is 4.67. The molecule has 0 saturated heterocycles. The Kier molecular flexibility index (Phi) is 4.35. The first-order chi connectivity index (χ1) is 6.68. The Morgan fingerprint density at radius 2 is 1.93 bits per heavy atom. The highest BCUT2D eigenvalue weighted by molar-refractivity contribution is 7.92. The van der Waals surface area contributed by atoms with Crippen molar-refractivity contribution in [2.24, 2.45) is 5.73 Å². The molecule has 0 aromatic rings. The quantitative estimate of drug-likeness (QED) is 0.739. The molecule has 0 saturated carbocycles. The normalized spacial score (nSPS) is 14.3. The van der Waals surface area contributed by atoms with Crippen LogP contribution in [0.15, 0.2) is 11.3 Å². The fourth-order valence-corrected chi connectivity index (χ4v) is 1.59. The van der Waals surface area contributed by atoms with Gasteiger partial charge in [0.2, 0.25) is 0 Å². The molecule has 0 amide bonds. The summed E-state index contributed by atoms with van der Waals surface area (Å²) in [5.74, 6) is 0. The minimum Gasteiger partial charge on any atom is -0.400 e. The van der Waals surface area contributed by atoms with Gasteiger partial charge in [0.25, 0.3) is 0 Å². The predicted molar refractivity (Wildman–Crippen MR) is 60.7 cm³/mol. The van der Waals surface area contributed by atoms with Crippen LogP contribution in [0.5, 0.6) is 0 Å². The zero-order chi connectivity index (χ0) is 12.3. The number of nitrogens with zero attached hydrogens (tertiary/aromatic N) is 1. The zero-order valence-electron chi connectivity index (χ0n) is 9.66. The number of hydrogen-bond acceptors (Lipinski definition) is 4. The van der Waals surface area contributed by atoms with E-state index in [2.05, 4.69) is 0 Å². The van der Waals surface area contributed by atoms with Gasteiger partial charge in [0.1, 0.15) is 4.75 Å². The molecule has 0 bridgehead atoms. The summed E-state index contributed by atoms with van der Waals surface area (Å²) in [6.07, 6.45) is 2.41. The number of rotatable bonds is 4. The van der Waals surface area contributed by atoms with Crippen molar-refractivity contribution >= 4 is 9.84 Å². The predicted octanol–water partition coefficient (Wildman–Crippen LogP) is 1.35. The average Bonchev–Trinajstić information content (AvgIpc) is 2.11. The largest absolute Gasteiger partial charge is 0.400 e. The monoisotopic (exact) mass is 230 g/mol. The fourth-order valence-electron chi connectivity index (χ4n) is 1.06. The van der Waals surface area contributed by atoms with Gasteiger partial charge in [-0.3, -0.25) is 0 Å². The lowest BCUT2D eigenvalue weighted by Gasteiger charge is -2.24. The summed E-state index contributed by atoms with van der Waals surface area (Å²) in [6.45, 7) is 4.95. The van der Waals surface area contributed by atoms with Gasteiger partial charge in [0.05, 0.1) is 6.07 Å². The van der Waals surface area contributed by atoms with Crippen molar-refractivity contribution < 1.29 is 8.42 Å². The first-order valence-electron chi connectivity index (χ1n) is 4.77. The average molecular weight is 230 g/mol. The van der Waals surface area contributed by atoms with Gasteiger partial charge in [-0.1, -0.05) is 13.3 Å². The third-order valence-corrected chi connectivity index (χ3v) is 4.61. The van der Waals surface area contributed by atoms with E-state index in [0.717, 1.165) is 12.7 Å². The van der Waals surface area contributed by atoms with Crippen molar-refractivity contribution in [3.8, 4) is 6.07 Å². The lowest BCUT2D eigenvalue weighted by atomic mass is 10.0. The molecular formula is C10H18N2O2S. The molecule has 4 nitrogen and oxygen atoms in total. The van der Waals surface area contributed by atoms with Gasteiger partial charge in [-0.2, -0.15) is 5.26 Å². The molecule has 0 aliphatic carbocycles. The summed E-state index contributed by atoms with van der Waals surface area (Å²) in [5.41, 5.74) is 6.29. The van der Waals surface area contributed by atoms with Gasteiger partial charge >= 0.3 is 0 Å². The van der Waals surface area contributed by atoms with E-state index in [1.165, 1.54) is 13.8 Å². The van der Waals surface area contributed by atoms with Gasteiger partial charge in [-0.15, -0.1) is 0 Å². The van der Waals surface area contributed by atoms with Crippen molar-refractivity contribution in [1.29, 1.82) is 5.26 Å². The molecule has 0 aromatic carbocycles. The maximum atomic E-state index is 11.5. The van der Waals surface area contributed by atoms with Crippen molar-refractivity contribution in [3.63, 3.8) is 0 Å². The zero-order valence-corrected chi connectivity index (χ0v) is 10.5. The number of hydrogen-bond donors (Lipinski definition) is 1. The van der Waals surface area contributed by atoms with Crippen LogP contribution in [0.4, 0.5) is 0 Å². The van der Waals surface area contributed by atoms with Crippen LogP contribution in [0.25, 0.3) is 0 Å². The highest BCUT2D eigenvalue weighted by Gasteiger charge is 2.34. The Balaban J connectivity index is 5.50. The number of allylic oxidation sites excluding steroid dienone is 1. The van der Waals surface area contributed by atoms with Crippen molar-refractivity contribution in [2.45, 2.75) is 38.4 Å². The van der Waals surface area contributed by atoms with Crippen molar-refractivity contribution in [2.75, 3.05) is 6.26 Å². The molecule has 0 heterocycles. The smallest absolute Gasteiger partial charge is 0.158 e. The van der Waals surface area contributed by atoms with E-state index in [-0.39, 0.29) is 5.70 Å². The van der Waals surface area contributed by atoms with Crippen molar-refractivity contribution in [3.05, 3.63) is 11.3 Å². The molecule has 0 aliphatic rings. The molecule has 0 aliphatic heterocycles. The molecule has 0 spiro atoms. The first kappa shape index (κ1) is 14.0. The van der Waals surface area contributed by atoms with E-state index in [0.29, 0.717) is 12.0 Å². The summed E-state index contributed by atoms with van der Waals surface area (Å²) in [5, 5.41) is 8.87. The maximum absolute atomic E-state index is 11.5. The topological polar surface area (TPSA) is 83.9 Å². The van der Waals surface area contributed by atoms with E-state index >= 15 is 0 Å². The molecule has 0 atom stereocenters. The first-order valence-corrected chi connectivity index (χ1v) is 6.66. The van der Waals surface area contributed by atoms with E-state index in [1.54, 1.807) is 0 Å². The van der Waals surface area contributed by atoms with Gasteiger partial charge in [-0.05, 0) is 20.3 Å². The highest BCUT2D eigenvalue weighted by atomic mass is 32.2. The van der Waals surface area contributed by atoms with Crippen LogP contribution in [0.1, 0.15) is 33.6 Å². The van der Waals surface area contributed by atoms with Crippen LogP contribution >= 0.6 is 0 Å². The van der Waals surface area contributed by atoms with Crippen molar-refractivity contribution in [1.82, 2.24) is 0 Å². The molecule has 0 fully saturated rings. The number of sulfone groups is 1. The van der Waals surface area contributed by atoms with Crippen LogP contribution in [0.3, 0.4) is 0 Å². The van der Waals surface area contributed by atoms with Crippen LogP contribution < -0.4 is 5.73 Å². The number of nitriles is 1. The van der Waals surface area contributed by atoms with Crippen LogP contribution in [0.2, 0.25) is 0 Å². The molecule has 0 aromatic heterocycles. The summed E-state index contributed by atoms with van der Waals surface area (Å²) in [7, 11) is -3.31. The van der Waals surface area contributed by atoms with E-state index < -0.39 is 14.6 Å². The second-order valence-corrected chi connectivity index (χ2v) is 6.60. The summed E-state index contributed by atoms with van der Waals surface area (Å²) >= 11 is 0. The highest BCUT2D eigenvalue weighted by Crippen LogP contribution is 2.25. The second-order valence-electron chi connectivity index (χ2n) is 4.04. The minimum atomic E-state index is -3.31. The Morgan fingerprint density at radius 3 is 2.20 bits per heavy atom. The number of nitrogens with two attached hydrogens (primary N) is 1. The molecule has 0 unspecified atom stereocenters. The Morgan fingerprint density at radius 1 is 1.47 bits per heavy atom.